The van der Waals surface area contributed by atoms with Crippen LogP contribution >= 0.6 is 0 Å². The molecule has 1 heterocycles. The first kappa shape index (κ1) is 13.1. The minimum atomic E-state index is -4.49. The van der Waals surface area contributed by atoms with Crippen LogP contribution in [0.15, 0.2) is 0 Å². The maximum Gasteiger partial charge on any atom is 0.422 e. The van der Waals surface area contributed by atoms with Gasteiger partial charge in [0.15, 0.2) is 6.61 Å². The Morgan fingerprint density at radius 3 is 2.81 bits per heavy atom. The van der Waals surface area contributed by atoms with Crippen LogP contribution in [0.25, 0.3) is 0 Å². The van der Waals surface area contributed by atoms with Crippen molar-refractivity contribution >= 4 is 6.09 Å². The number of ether oxygens (including phenoxy) is 2. The first-order chi connectivity index (χ1) is 7.37. The van der Waals surface area contributed by atoms with Gasteiger partial charge in [0.05, 0.1) is 6.10 Å². The quantitative estimate of drug-likeness (QED) is 0.802. The third-order valence-corrected chi connectivity index (χ3v) is 2.17. The van der Waals surface area contributed by atoms with Gasteiger partial charge in [-0.15, -0.1) is 0 Å². The Morgan fingerprint density at radius 2 is 2.25 bits per heavy atom. The zero-order valence-electron chi connectivity index (χ0n) is 8.84. The molecular weight excluding hydrogens is 227 g/mol. The van der Waals surface area contributed by atoms with E-state index in [0.717, 1.165) is 0 Å². The van der Waals surface area contributed by atoms with Gasteiger partial charge >= 0.3 is 12.3 Å². The molecule has 94 valence electrons. The highest BCUT2D eigenvalue weighted by Crippen LogP contribution is 2.16. The van der Waals surface area contributed by atoms with Crippen molar-refractivity contribution in [1.82, 2.24) is 5.32 Å². The lowest BCUT2D eigenvalue weighted by Crippen LogP contribution is -2.42. The molecule has 0 aliphatic carbocycles. The third kappa shape index (κ3) is 5.20. The van der Waals surface area contributed by atoms with Gasteiger partial charge in [0.1, 0.15) is 0 Å². The van der Waals surface area contributed by atoms with Crippen molar-refractivity contribution in [1.29, 1.82) is 0 Å². The van der Waals surface area contributed by atoms with Gasteiger partial charge in [0.2, 0.25) is 0 Å². The molecule has 0 aromatic rings. The maximum absolute atomic E-state index is 11.7. The fourth-order valence-corrected chi connectivity index (χ4v) is 1.48. The number of rotatable bonds is 2. The van der Waals surface area contributed by atoms with Crippen LogP contribution in [0.3, 0.4) is 0 Å². The molecule has 2 unspecified atom stereocenters. The average molecular weight is 241 g/mol. The Hall–Kier alpha value is -0.980. The lowest BCUT2D eigenvalue weighted by Gasteiger charge is -2.27. The zero-order chi connectivity index (χ0) is 12.2. The Bertz CT molecular complexity index is 245. The molecule has 0 bridgehead atoms. The molecule has 0 aromatic carbocycles. The van der Waals surface area contributed by atoms with Gasteiger partial charge in [-0.05, 0) is 19.8 Å². The molecule has 0 aromatic heterocycles. The summed E-state index contributed by atoms with van der Waals surface area (Å²) in [7, 11) is 0. The standard InChI is InChI=1S/C9H14F3NO3/c1-6-4-7(2-3-15-6)13-8(14)16-5-9(10,11)12/h6-7H,2-5H2,1H3,(H,13,14). The highest BCUT2D eigenvalue weighted by atomic mass is 19.4. The summed E-state index contributed by atoms with van der Waals surface area (Å²) in [4.78, 5) is 11.0. The fourth-order valence-electron chi connectivity index (χ4n) is 1.48. The van der Waals surface area contributed by atoms with Crippen LogP contribution < -0.4 is 5.32 Å². The molecule has 1 N–H and O–H groups in total. The summed E-state index contributed by atoms with van der Waals surface area (Å²) in [5.74, 6) is 0. The second kappa shape index (κ2) is 5.38. The van der Waals surface area contributed by atoms with Crippen LogP contribution in [-0.4, -0.2) is 37.6 Å². The highest BCUT2D eigenvalue weighted by Gasteiger charge is 2.30. The summed E-state index contributed by atoms with van der Waals surface area (Å²) < 4.78 is 44.5. The molecule has 1 fully saturated rings. The molecule has 0 radical (unpaired) electrons. The number of carbonyl (C=O) groups is 1. The Labute approximate surface area is 91.1 Å². The lowest BCUT2D eigenvalue weighted by atomic mass is 10.1. The molecule has 7 heteroatoms. The number of hydrogen-bond acceptors (Lipinski definition) is 3. The molecule has 4 nitrogen and oxygen atoms in total. The maximum atomic E-state index is 11.7. The summed E-state index contributed by atoms with van der Waals surface area (Å²) in [5, 5.41) is 2.38. The smallest absolute Gasteiger partial charge is 0.422 e. The molecule has 0 saturated carbocycles. The van der Waals surface area contributed by atoms with Gasteiger partial charge in [-0.3, -0.25) is 0 Å². The van der Waals surface area contributed by atoms with E-state index in [4.69, 9.17) is 4.74 Å². The molecular formula is C9H14F3NO3. The predicted octanol–water partition coefficient (Wildman–Crippen LogP) is 1.84. The molecule has 2 atom stereocenters. The van der Waals surface area contributed by atoms with Crippen molar-refractivity contribution in [3.05, 3.63) is 0 Å². The third-order valence-electron chi connectivity index (χ3n) is 2.17. The van der Waals surface area contributed by atoms with Crippen LogP contribution in [0.4, 0.5) is 18.0 Å². The van der Waals surface area contributed by atoms with E-state index < -0.39 is 18.9 Å². The average Bonchev–Trinajstić information content (AvgIpc) is 2.14. The van der Waals surface area contributed by atoms with Gasteiger partial charge in [0, 0.05) is 12.6 Å². The SMILES string of the molecule is CC1CC(NC(=O)OCC(F)(F)F)CCO1. The molecule has 1 aliphatic heterocycles. The number of alkyl halides is 3. The largest absolute Gasteiger partial charge is 0.440 e. The van der Waals surface area contributed by atoms with Gasteiger partial charge in [0.25, 0.3) is 0 Å². The number of halogens is 3. The van der Waals surface area contributed by atoms with Crippen molar-refractivity contribution < 1.29 is 27.4 Å². The van der Waals surface area contributed by atoms with Gasteiger partial charge < -0.3 is 14.8 Å². The fraction of sp³-hybridized carbons (Fsp3) is 0.889. The van der Waals surface area contributed by atoms with Crippen molar-refractivity contribution in [2.75, 3.05) is 13.2 Å². The number of hydrogen-bond donors (Lipinski definition) is 1. The van der Waals surface area contributed by atoms with E-state index in [1.165, 1.54) is 0 Å². The molecule has 1 saturated heterocycles. The van der Waals surface area contributed by atoms with Crippen LogP contribution in [0, 0.1) is 0 Å². The second-order valence-electron chi connectivity index (χ2n) is 3.74. The summed E-state index contributed by atoms with van der Waals surface area (Å²) in [6.07, 6.45) is -4.34. The molecule has 1 amide bonds. The first-order valence-electron chi connectivity index (χ1n) is 4.98. The number of amides is 1. The van der Waals surface area contributed by atoms with Gasteiger partial charge in [-0.25, -0.2) is 4.79 Å². The molecule has 1 rings (SSSR count). The summed E-state index contributed by atoms with van der Waals surface area (Å²) in [6.45, 7) is 0.776. The zero-order valence-corrected chi connectivity index (χ0v) is 8.84. The van der Waals surface area contributed by atoms with E-state index in [1.54, 1.807) is 0 Å². The minimum Gasteiger partial charge on any atom is -0.440 e. The van der Waals surface area contributed by atoms with Gasteiger partial charge in [-0.2, -0.15) is 13.2 Å². The van der Waals surface area contributed by atoms with Crippen molar-refractivity contribution in [3.63, 3.8) is 0 Å². The number of carbonyl (C=O) groups excluding carboxylic acids is 1. The van der Waals surface area contributed by atoms with E-state index in [9.17, 15) is 18.0 Å². The van der Waals surface area contributed by atoms with Crippen LogP contribution in [-0.2, 0) is 9.47 Å². The van der Waals surface area contributed by atoms with Crippen molar-refractivity contribution in [2.24, 2.45) is 0 Å². The van der Waals surface area contributed by atoms with Crippen molar-refractivity contribution in [2.45, 2.75) is 38.1 Å². The number of alkyl carbamates (subject to hydrolysis) is 1. The van der Waals surface area contributed by atoms with E-state index >= 15 is 0 Å². The minimum absolute atomic E-state index is 0.00154. The monoisotopic (exact) mass is 241 g/mol. The topological polar surface area (TPSA) is 47.6 Å². The van der Waals surface area contributed by atoms with E-state index in [1.807, 2.05) is 6.92 Å². The normalized spacial score (nSPS) is 26.2. The highest BCUT2D eigenvalue weighted by molar-refractivity contribution is 5.67. The summed E-state index contributed by atoms with van der Waals surface area (Å²) in [6, 6.07) is -0.176. The van der Waals surface area contributed by atoms with E-state index in [-0.39, 0.29) is 12.1 Å². The van der Waals surface area contributed by atoms with Crippen LogP contribution in [0.2, 0.25) is 0 Å². The number of nitrogens with one attached hydrogen (secondary N) is 1. The van der Waals surface area contributed by atoms with Crippen LogP contribution in [0.5, 0.6) is 0 Å². The first-order valence-corrected chi connectivity index (χ1v) is 4.98. The van der Waals surface area contributed by atoms with Gasteiger partial charge in [-0.1, -0.05) is 0 Å². The summed E-state index contributed by atoms with van der Waals surface area (Å²) >= 11 is 0. The Balaban J connectivity index is 2.23. The predicted molar refractivity (Wildman–Crippen MR) is 49.0 cm³/mol. The molecule has 16 heavy (non-hydrogen) atoms. The second-order valence-corrected chi connectivity index (χ2v) is 3.74. The van der Waals surface area contributed by atoms with E-state index in [0.29, 0.717) is 19.4 Å². The Kier molecular flexibility index (Phi) is 4.40. The molecule has 1 aliphatic rings. The Morgan fingerprint density at radius 1 is 1.56 bits per heavy atom. The van der Waals surface area contributed by atoms with Crippen LogP contribution in [0.1, 0.15) is 19.8 Å². The molecule has 0 spiro atoms. The summed E-state index contributed by atoms with van der Waals surface area (Å²) in [5.41, 5.74) is 0. The van der Waals surface area contributed by atoms with E-state index in [2.05, 4.69) is 10.1 Å². The van der Waals surface area contributed by atoms with Crippen molar-refractivity contribution in [3.8, 4) is 0 Å². The lowest BCUT2D eigenvalue weighted by molar-refractivity contribution is -0.160.